The van der Waals surface area contributed by atoms with E-state index in [4.69, 9.17) is 0 Å². The minimum atomic E-state index is 1.21. The van der Waals surface area contributed by atoms with Crippen molar-refractivity contribution in [2.45, 2.75) is 0 Å². The summed E-state index contributed by atoms with van der Waals surface area (Å²) < 4.78 is 0. The summed E-state index contributed by atoms with van der Waals surface area (Å²) in [6, 6.07) is 80.5. The van der Waals surface area contributed by atoms with Gasteiger partial charge in [0.25, 0.3) is 0 Å². The Bertz CT molecular complexity index is 3280. The van der Waals surface area contributed by atoms with Gasteiger partial charge in [0.05, 0.1) is 0 Å². The van der Waals surface area contributed by atoms with Crippen molar-refractivity contribution in [3.05, 3.63) is 218 Å². The van der Waals surface area contributed by atoms with Crippen LogP contribution < -0.4 is 0 Å². The van der Waals surface area contributed by atoms with E-state index in [9.17, 15) is 0 Å². The van der Waals surface area contributed by atoms with Crippen molar-refractivity contribution in [1.82, 2.24) is 0 Å². The molecular weight excluding hydrogens is 673 g/mol. The van der Waals surface area contributed by atoms with E-state index in [1.54, 1.807) is 0 Å². The molecule has 0 N–H and O–H groups in total. The second-order valence-corrected chi connectivity index (χ2v) is 14.9. The molecule has 0 nitrogen and oxygen atoms in total. The van der Waals surface area contributed by atoms with E-state index in [0.717, 1.165) is 0 Å². The van der Waals surface area contributed by atoms with Crippen LogP contribution in [0.2, 0.25) is 0 Å². The highest BCUT2D eigenvalue weighted by molar-refractivity contribution is 6.22. The van der Waals surface area contributed by atoms with Crippen molar-refractivity contribution in [2.24, 2.45) is 0 Å². The highest BCUT2D eigenvalue weighted by Crippen LogP contribution is 2.45. The summed E-state index contributed by atoms with van der Waals surface area (Å²) in [4.78, 5) is 0. The van der Waals surface area contributed by atoms with E-state index in [-0.39, 0.29) is 0 Å². The molecule has 0 unspecified atom stereocenters. The monoisotopic (exact) mass is 708 g/mol. The van der Waals surface area contributed by atoms with E-state index in [1.807, 2.05) is 0 Å². The van der Waals surface area contributed by atoms with Crippen molar-refractivity contribution in [3.63, 3.8) is 0 Å². The quantitative estimate of drug-likeness (QED) is 0.156. The molecule has 0 heteroatoms. The normalized spacial score (nSPS) is 11.6. The van der Waals surface area contributed by atoms with Gasteiger partial charge in [-0.25, -0.2) is 0 Å². The second-order valence-electron chi connectivity index (χ2n) is 14.9. The first kappa shape index (κ1) is 32.2. The molecule has 0 saturated carbocycles. The van der Waals surface area contributed by atoms with E-state index in [1.165, 1.54) is 109 Å². The third-order valence-electron chi connectivity index (χ3n) is 11.6. The topological polar surface area (TPSA) is 0 Å². The van der Waals surface area contributed by atoms with Crippen LogP contribution in [-0.4, -0.2) is 0 Å². The zero-order valence-electron chi connectivity index (χ0n) is 30.8. The van der Waals surface area contributed by atoms with Gasteiger partial charge in [-0.05, 0) is 134 Å². The van der Waals surface area contributed by atoms with Gasteiger partial charge in [-0.15, -0.1) is 0 Å². The zero-order valence-corrected chi connectivity index (χ0v) is 30.8. The lowest BCUT2D eigenvalue weighted by atomic mass is 9.84. The molecule has 11 rings (SSSR count). The van der Waals surface area contributed by atoms with Crippen molar-refractivity contribution >= 4 is 53.9 Å². The molecule has 0 atom stereocenters. The summed E-state index contributed by atoms with van der Waals surface area (Å²) in [6.45, 7) is 0. The van der Waals surface area contributed by atoms with E-state index in [0.29, 0.717) is 0 Å². The second kappa shape index (κ2) is 13.2. The predicted molar refractivity (Wildman–Crippen MR) is 241 cm³/mol. The molecule has 11 aromatic carbocycles. The Labute approximate surface area is 326 Å². The number of fused-ring (bicyclic) bond motifs is 5. The summed E-state index contributed by atoms with van der Waals surface area (Å²) in [5.74, 6) is 0. The maximum atomic E-state index is 2.42. The van der Waals surface area contributed by atoms with Crippen LogP contribution in [0.4, 0.5) is 0 Å². The number of hydrogen-bond donors (Lipinski definition) is 0. The highest BCUT2D eigenvalue weighted by Gasteiger charge is 2.18. The van der Waals surface area contributed by atoms with Crippen LogP contribution in [0.15, 0.2) is 218 Å². The molecule has 0 aliphatic rings. The molecule has 0 aliphatic heterocycles. The zero-order chi connectivity index (χ0) is 37.0. The molecule has 260 valence electrons. The van der Waals surface area contributed by atoms with Crippen LogP contribution >= 0.6 is 0 Å². The minimum absolute atomic E-state index is 1.21. The molecule has 56 heavy (non-hydrogen) atoms. The summed E-state index contributed by atoms with van der Waals surface area (Å²) in [7, 11) is 0. The smallest absolute Gasteiger partial charge is 0.00261 e. The van der Waals surface area contributed by atoms with Gasteiger partial charge >= 0.3 is 0 Å². The Morgan fingerprint density at radius 2 is 0.446 bits per heavy atom. The fourth-order valence-electron chi connectivity index (χ4n) is 8.75. The molecule has 0 fully saturated rings. The van der Waals surface area contributed by atoms with Crippen LogP contribution in [0.25, 0.3) is 109 Å². The summed E-state index contributed by atoms with van der Waals surface area (Å²) in [5.41, 5.74) is 12.3. The lowest BCUT2D eigenvalue weighted by molar-refractivity contribution is 1.61. The minimum Gasteiger partial charge on any atom is -0.0616 e. The van der Waals surface area contributed by atoms with Crippen molar-refractivity contribution in [1.29, 1.82) is 0 Å². The van der Waals surface area contributed by atoms with Crippen LogP contribution in [-0.2, 0) is 0 Å². The van der Waals surface area contributed by atoms with Gasteiger partial charge < -0.3 is 0 Å². The Kier molecular flexibility index (Phi) is 7.60. The van der Waals surface area contributed by atoms with Gasteiger partial charge in [0.2, 0.25) is 0 Å². The van der Waals surface area contributed by atoms with Gasteiger partial charge in [0.1, 0.15) is 0 Å². The van der Waals surface area contributed by atoms with Gasteiger partial charge in [-0.3, -0.25) is 0 Å². The van der Waals surface area contributed by atoms with Gasteiger partial charge in [0, 0.05) is 0 Å². The standard InChI is InChI=1S/C56H36/c1-4-12-44-33-47(28-21-37(44)9-1)40-17-24-42(25-18-40)55-51-15-7-8-16-52(51)56(43-26-19-41(20-27-43)48-29-22-38-10-2-5-13-45(38)34-48)54-36-50(31-32-53(54)55)49-30-23-39-11-3-6-14-46(39)35-49/h1-36H. The summed E-state index contributed by atoms with van der Waals surface area (Å²) >= 11 is 0. The molecule has 0 spiro atoms. The van der Waals surface area contributed by atoms with E-state index in [2.05, 4.69) is 218 Å². The fourth-order valence-corrected chi connectivity index (χ4v) is 8.75. The summed E-state index contributed by atoms with van der Waals surface area (Å²) in [5, 5.41) is 12.6. The SMILES string of the molecule is c1ccc2cc(-c3ccc(-c4c5ccccc5c(-c5ccc(-c6ccc7ccccc7c6)cc5)c5cc(-c6ccc7ccccc7c6)ccc45)cc3)ccc2c1. The van der Waals surface area contributed by atoms with Crippen LogP contribution in [0, 0.1) is 0 Å². The lowest BCUT2D eigenvalue weighted by Crippen LogP contribution is -1.92. The number of hydrogen-bond acceptors (Lipinski definition) is 0. The van der Waals surface area contributed by atoms with Crippen molar-refractivity contribution < 1.29 is 0 Å². The van der Waals surface area contributed by atoms with Crippen LogP contribution in [0.1, 0.15) is 0 Å². The number of rotatable bonds is 5. The highest BCUT2D eigenvalue weighted by atomic mass is 14.2. The third kappa shape index (κ3) is 5.54. The van der Waals surface area contributed by atoms with Crippen molar-refractivity contribution in [3.8, 4) is 55.6 Å². The third-order valence-corrected chi connectivity index (χ3v) is 11.6. The Hall–Kier alpha value is -7.28. The van der Waals surface area contributed by atoms with Crippen LogP contribution in [0.3, 0.4) is 0 Å². The number of benzene rings is 11. The first-order valence-corrected chi connectivity index (χ1v) is 19.4. The van der Waals surface area contributed by atoms with Gasteiger partial charge in [0.15, 0.2) is 0 Å². The van der Waals surface area contributed by atoms with E-state index < -0.39 is 0 Å². The first-order chi connectivity index (χ1) is 27.7. The molecular formula is C56H36. The Balaban J connectivity index is 1.10. The average molecular weight is 709 g/mol. The fraction of sp³-hybridized carbons (Fsp3) is 0. The molecule has 0 saturated heterocycles. The first-order valence-electron chi connectivity index (χ1n) is 19.4. The van der Waals surface area contributed by atoms with Crippen molar-refractivity contribution in [2.75, 3.05) is 0 Å². The average Bonchev–Trinajstić information content (AvgIpc) is 3.27. The maximum Gasteiger partial charge on any atom is -0.00261 e. The molecule has 0 aromatic heterocycles. The molecule has 0 bridgehead atoms. The molecule has 0 aliphatic carbocycles. The van der Waals surface area contributed by atoms with Crippen LogP contribution in [0.5, 0.6) is 0 Å². The van der Waals surface area contributed by atoms with Gasteiger partial charge in [-0.2, -0.15) is 0 Å². The largest absolute Gasteiger partial charge is 0.0616 e. The summed E-state index contributed by atoms with van der Waals surface area (Å²) in [6.07, 6.45) is 0. The van der Waals surface area contributed by atoms with Gasteiger partial charge in [-0.1, -0.05) is 194 Å². The molecule has 0 amide bonds. The maximum absolute atomic E-state index is 2.42. The lowest BCUT2D eigenvalue weighted by Gasteiger charge is -2.19. The molecule has 0 heterocycles. The van der Waals surface area contributed by atoms with E-state index >= 15 is 0 Å². The Morgan fingerprint density at radius 1 is 0.161 bits per heavy atom. The molecule has 11 aromatic rings. The molecule has 0 radical (unpaired) electrons. The predicted octanol–water partition coefficient (Wildman–Crippen LogP) is 15.8. The Morgan fingerprint density at radius 3 is 0.893 bits per heavy atom.